The molecule has 2 aromatic rings. The molecule has 0 aliphatic carbocycles. The van der Waals surface area contributed by atoms with Crippen LogP contribution in [-0.4, -0.2) is 21.9 Å². The Bertz CT molecular complexity index is 642. The van der Waals surface area contributed by atoms with Gasteiger partial charge in [-0.25, -0.2) is 0 Å². The molecular weight excluding hydrogens is 272 g/mol. The molecule has 0 spiro atoms. The van der Waals surface area contributed by atoms with Crippen molar-refractivity contribution in [1.82, 2.24) is 9.47 Å². The van der Waals surface area contributed by atoms with Crippen molar-refractivity contribution in [2.75, 3.05) is 6.54 Å². The SMILES string of the molecule is C=CCN(Cc1cccn1Cc1ccccc1C)C(=O)CC. The lowest BCUT2D eigenvalue weighted by molar-refractivity contribution is -0.131. The number of aromatic nitrogens is 1. The summed E-state index contributed by atoms with van der Waals surface area (Å²) in [5, 5.41) is 0. The molecule has 0 bridgehead atoms. The molecule has 0 unspecified atom stereocenters. The highest BCUT2D eigenvalue weighted by Gasteiger charge is 2.13. The Hall–Kier alpha value is -2.29. The molecule has 22 heavy (non-hydrogen) atoms. The molecule has 0 radical (unpaired) electrons. The third kappa shape index (κ3) is 3.88. The van der Waals surface area contributed by atoms with Crippen LogP contribution < -0.4 is 0 Å². The number of nitrogens with zero attached hydrogens (tertiary/aromatic N) is 2. The summed E-state index contributed by atoms with van der Waals surface area (Å²) in [4.78, 5) is 13.9. The van der Waals surface area contributed by atoms with Crippen LogP contribution in [0.15, 0.2) is 55.3 Å². The average Bonchev–Trinajstić information content (AvgIpc) is 2.95. The van der Waals surface area contributed by atoms with Gasteiger partial charge in [-0.2, -0.15) is 0 Å². The highest BCUT2D eigenvalue weighted by Crippen LogP contribution is 2.14. The zero-order valence-corrected chi connectivity index (χ0v) is 13.5. The van der Waals surface area contributed by atoms with E-state index in [1.807, 2.05) is 17.9 Å². The Morgan fingerprint density at radius 1 is 1.27 bits per heavy atom. The van der Waals surface area contributed by atoms with E-state index in [-0.39, 0.29) is 5.91 Å². The molecule has 116 valence electrons. The van der Waals surface area contributed by atoms with E-state index in [1.165, 1.54) is 11.1 Å². The average molecular weight is 296 g/mol. The van der Waals surface area contributed by atoms with Gasteiger partial charge in [0.05, 0.1) is 6.54 Å². The van der Waals surface area contributed by atoms with Crippen LogP contribution in [0.5, 0.6) is 0 Å². The van der Waals surface area contributed by atoms with Crippen molar-refractivity contribution in [2.45, 2.75) is 33.4 Å². The van der Waals surface area contributed by atoms with E-state index < -0.39 is 0 Å². The van der Waals surface area contributed by atoms with Gasteiger partial charge in [-0.05, 0) is 30.2 Å². The standard InChI is InChI=1S/C19H24N2O/c1-4-12-21(19(22)5-2)15-18-11-8-13-20(18)14-17-10-7-6-9-16(17)3/h4,6-11,13H,1,5,12,14-15H2,2-3H3. The van der Waals surface area contributed by atoms with Crippen LogP contribution in [0.3, 0.4) is 0 Å². The third-order valence-electron chi connectivity index (χ3n) is 3.88. The lowest BCUT2D eigenvalue weighted by Gasteiger charge is -2.22. The summed E-state index contributed by atoms with van der Waals surface area (Å²) >= 11 is 0. The van der Waals surface area contributed by atoms with Gasteiger partial charge in [-0.15, -0.1) is 6.58 Å². The van der Waals surface area contributed by atoms with E-state index in [0.717, 1.165) is 12.2 Å². The number of hydrogen-bond donors (Lipinski definition) is 0. The molecule has 2 rings (SSSR count). The molecule has 1 heterocycles. The maximum atomic E-state index is 12.0. The molecule has 0 aliphatic heterocycles. The number of amides is 1. The second-order valence-electron chi connectivity index (χ2n) is 5.47. The summed E-state index contributed by atoms with van der Waals surface area (Å²) in [7, 11) is 0. The van der Waals surface area contributed by atoms with Crippen LogP contribution >= 0.6 is 0 Å². The Labute approximate surface area is 132 Å². The van der Waals surface area contributed by atoms with Gasteiger partial charge < -0.3 is 9.47 Å². The summed E-state index contributed by atoms with van der Waals surface area (Å²) in [6.07, 6.45) is 4.37. The van der Waals surface area contributed by atoms with Crippen molar-refractivity contribution in [3.63, 3.8) is 0 Å². The first kappa shape index (κ1) is 16.1. The fourth-order valence-electron chi connectivity index (χ4n) is 2.55. The molecule has 0 saturated carbocycles. The Morgan fingerprint density at radius 3 is 2.73 bits per heavy atom. The van der Waals surface area contributed by atoms with Gasteiger partial charge in [-0.1, -0.05) is 37.3 Å². The predicted octanol–water partition coefficient (Wildman–Crippen LogP) is 3.77. The van der Waals surface area contributed by atoms with Crippen molar-refractivity contribution >= 4 is 5.91 Å². The molecule has 1 amide bonds. The van der Waals surface area contributed by atoms with Gasteiger partial charge in [-0.3, -0.25) is 4.79 Å². The number of hydrogen-bond acceptors (Lipinski definition) is 1. The zero-order valence-electron chi connectivity index (χ0n) is 13.5. The molecule has 3 heteroatoms. The van der Waals surface area contributed by atoms with E-state index in [4.69, 9.17) is 0 Å². The van der Waals surface area contributed by atoms with E-state index >= 15 is 0 Å². The molecule has 1 aromatic carbocycles. The Morgan fingerprint density at radius 2 is 2.05 bits per heavy atom. The van der Waals surface area contributed by atoms with Crippen LogP contribution in [0.4, 0.5) is 0 Å². The summed E-state index contributed by atoms with van der Waals surface area (Å²) < 4.78 is 2.21. The van der Waals surface area contributed by atoms with Crippen LogP contribution in [0, 0.1) is 6.92 Å². The van der Waals surface area contributed by atoms with E-state index in [1.54, 1.807) is 6.08 Å². The Balaban J connectivity index is 2.16. The number of rotatable bonds is 7. The molecule has 3 nitrogen and oxygen atoms in total. The minimum Gasteiger partial charge on any atom is -0.345 e. The van der Waals surface area contributed by atoms with E-state index in [9.17, 15) is 4.79 Å². The summed E-state index contributed by atoms with van der Waals surface area (Å²) in [6.45, 7) is 9.81. The van der Waals surface area contributed by atoms with Crippen LogP contribution in [0.1, 0.15) is 30.2 Å². The van der Waals surface area contributed by atoms with Crippen LogP contribution in [-0.2, 0) is 17.9 Å². The molecular formula is C19H24N2O. The highest BCUT2D eigenvalue weighted by molar-refractivity contribution is 5.75. The van der Waals surface area contributed by atoms with Crippen molar-refractivity contribution in [2.24, 2.45) is 0 Å². The fourth-order valence-corrected chi connectivity index (χ4v) is 2.55. The summed E-state index contributed by atoms with van der Waals surface area (Å²) in [6, 6.07) is 12.5. The van der Waals surface area contributed by atoms with Crippen molar-refractivity contribution in [3.8, 4) is 0 Å². The third-order valence-corrected chi connectivity index (χ3v) is 3.88. The summed E-state index contributed by atoms with van der Waals surface area (Å²) in [5.41, 5.74) is 3.73. The number of aryl methyl sites for hydroxylation is 1. The number of carbonyl (C=O) groups excluding carboxylic acids is 1. The van der Waals surface area contributed by atoms with Crippen LogP contribution in [0.2, 0.25) is 0 Å². The van der Waals surface area contributed by atoms with E-state index in [0.29, 0.717) is 19.5 Å². The van der Waals surface area contributed by atoms with Crippen molar-refractivity contribution in [1.29, 1.82) is 0 Å². The maximum absolute atomic E-state index is 12.0. The van der Waals surface area contributed by atoms with Gasteiger partial charge in [0, 0.05) is 31.4 Å². The number of benzene rings is 1. The highest BCUT2D eigenvalue weighted by atomic mass is 16.2. The van der Waals surface area contributed by atoms with Gasteiger partial charge in [0.25, 0.3) is 0 Å². The predicted molar refractivity (Wildman–Crippen MR) is 90.6 cm³/mol. The van der Waals surface area contributed by atoms with Crippen molar-refractivity contribution < 1.29 is 4.79 Å². The van der Waals surface area contributed by atoms with Gasteiger partial charge in [0.2, 0.25) is 5.91 Å². The second kappa shape index (κ2) is 7.64. The quantitative estimate of drug-likeness (QED) is 0.714. The smallest absolute Gasteiger partial charge is 0.222 e. The maximum Gasteiger partial charge on any atom is 0.222 e. The first-order chi connectivity index (χ1) is 10.7. The lowest BCUT2D eigenvalue weighted by atomic mass is 10.1. The second-order valence-corrected chi connectivity index (χ2v) is 5.47. The number of carbonyl (C=O) groups is 1. The van der Waals surface area contributed by atoms with Gasteiger partial charge >= 0.3 is 0 Å². The first-order valence-corrected chi connectivity index (χ1v) is 7.73. The molecule has 1 aromatic heterocycles. The Kier molecular flexibility index (Phi) is 5.59. The monoisotopic (exact) mass is 296 g/mol. The minimum absolute atomic E-state index is 0.156. The first-order valence-electron chi connectivity index (χ1n) is 7.73. The van der Waals surface area contributed by atoms with Gasteiger partial charge in [0.15, 0.2) is 0 Å². The normalized spacial score (nSPS) is 10.5. The van der Waals surface area contributed by atoms with Gasteiger partial charge in [0.1, 0.15) is 0 Å². The molecule has 0 saturated heterocycles. The molecule has 0 atom stereocenters. The zero-order chi connectivity index (χ0) is 15.9. The van der Waals surface area contributed by atoms with Crippen LogP contribution in [0.25, 0.3) is 0 Å². The molecule has 0 aliphatic rings. The van der Waals surface area contributed by atoms with E-state index in [2.05, 4.69) is 54.6 Å². The molecule has 0 N–H and O–H groups in total. The topological polar surface area (TPSA) is 25.2 Å². The lowest BCUT2D eigenvalue weighted by Crippen LogP contribution is -2.30. The minimum atomic E-state index is 0.156. The fraction of sp³-hybridized carbons (Fsp3) is 0.316. The largest absolute Gasteiger partial charge is 0.345 e. The van der Waals surface area contributed by atoms with Crippen molar-refractivity contribution in [3.05, 3.63) is 72.1 Å². The summed E-state index contributed by atoms with van der Waals surface area (Å²) in [5.74, 6) is 0.156. The molecule has 0 fully saturated rings.